The number of carbonyl (C=O) groups excluding carboxylic acids is 1. The molecule has 0 atom stereocenters. The van der Waals surface area contributed by atoms with Crippen LogP contribution in [0.3, 0.4) is 0 Å². The third-order valence-corrected chi connectivity index (χ3v) is 3.30. The number of rotatable bonds is 0. The first kappa shape index (κ1) is 10.7. The quantitative estimate of drug-likeness (QED) is 0.659. The zero-order valence-electron chi connectivity index (χ0n) is 9.80. The SMILES string of the molecule is CC(C)(C)N1CC2(CCNCC2)OC1=O. The van der Waals surface area contributed by atoms with Crippen LogP contribution in [0.15, 0.2) is 0 Å². The van der Waals surface area contributed by atoms with Crippen LogP contribution in [0.2, 0.25) is 0 Å². The molecule has 1 amide bonds. The fourth-order valence-electron chi connectivity index (χ4n) is 2.28. The Kier molecular flexibility index (Phi) is 2.41. The summed E-state index contributed by atoms with van der Waals surface area (Å²) in [4.78, 5) is 13.6. The molecule has 1 spiro atoms. The van der Waals surface area contributed by atoms with Crippen LogP contribution in [-0.2, 0) is 4.74 Å². The van der Waals surface area contributed by atoms with Crippen LogP contribution in [-0.4, -0.2) is 41.8 Å². The van der Waals surface area contributed by atoms with E-state index in [1.54, 1.807) is 0 Å². The maximum absolute atomic E-state index is 11.8. The molecule has 2 fully saturated rings. The highest BCUT2D eigenvalue weighted by molar-refractivity contribution is 5.71. The Bertz CT molecular complexity index is 264. The predicted molar refractivity (Wildman–Crippen MR) is 57.8 cm³/mol. The van der Waals surface area contributed by atoms with Crippen molar-refractivity contribution in [1.82, 2.24) is 10.2 Å². The third-order valence-electron chi connectivity index (χ3n) is 3.30. The molecule has 0 saturated carbocycles. The molecule has 2 aliphatic rings. The van der Waals surface area contributed by atoms with Crippen molar-refractivity contribution in [3.8, 4) is 0 Å². The van der Waals surface area contributed by atoms with Gasteiger partial charge >= 0.3 is 6.09 Å². The first-order chi connectivity index (χ1) is 6.93. The minimum absolute atomic E-state index is 0.133. The molecule has 4 heteroatoms. The summed E-state index contributed by atoms with van der Waals surface area (Å²) in [6.45, 7) is 8.80. The molecule has 2 aliphatic heterocycles. The van der Waals surface area contributed by atoms with Gasteiger partial charge in [0.2, 0.25) is 0 Å². The Morgan fingerprint density at radius 1 is 1.33 bits per heavy atom. The number of piperidine rings is 1. The molecule has 15 heavy (non-hydrogen) atoms. The molecule has 0 unspecified atom stereocenters. The molecule has 2 saturated heterocycles. The van der Waals surface area contributed by atoms with Gasteiger partial charge in [-0.1, -0.05) is 0 Å². The zero-order chi connectivity index (χ0) is 11.1. The van der Waals surface area contributed by atoms with Crippen LogP contribution in [0.5, 0.6) is 0 Å². The van der Waals surface area contributed by atoms with Gasteiger partial charge in [0.05, 0.1) is 6.54 Å². The fourth-order valence-corrected chi connectivity index (χ4v) is 2.28. The van der Waals surface area contributed by atoms with E-state index in [1.165, 1.54) is 0 Å². The van der Waals surface area contributed by atoms with Gasteiger partial charge in [-0.15, -0.1) is 0 Å². The van der Waals surface area contributed by atoms with Gasteiger partial charge in [0.25, 0.3) is 0 Å². The first-order valence-corrected chi connectivity index (χ1v) is 5.64. The number of nitrogens with one attached hydrogen (secondary N) is 1. The van der Waals surface area contributed by atoms with E-state index < -0.39 is 0 Å². The predicted octanol–water partition coefficient (Wildman–Crippen LogP) is 1.36. The monoisotopic (exact) mass is 212 g/mol. The van der Waals surface area contributed by atoms with E-state index in [1.807, 2.05) is 25.7 Å². The minimum Gasteiger partial charge on any atom is -0.441 e. The van der Waals surface area contributed by atoms with Crippen molar-refractivity contribution < 1.29 is 9.53 Å². The Hall–Kier alpha value is -0.770. The van der Waals surface area contributed by atoms with Gasteiger partial charge in [-0.05, 0) is 33.9 Å². The van der Waals surface area contributed by atoms with Gasteiger partial charge in [0.15, 0.2) is 0 Å². The van der Waals surface area contributed by atoms with Crippen LogP contribution in [0.1, 0.15) is 33.6 Å². The molecule has 2 rings (SSSR count). The normalized spacial score (nSPS) is 25.8. The number of carbonyl (C=O) groups is 1. The number of nitrogens with zero attached hydrogens (tertiary/aromatic N) is 1. The summed E-state index contributed by atoms with van der Waals surface area (Å²) in [6.07, 6.45) is 1.72. The number of ether oxygens (including phenoxy) is 1. The number of amides is 1. The van der Waals surface area contributed by atoms with Crippen molar-refractivity contribution in [3.63, 3.8) is 0 Å². The highest BCUT2D eigenvalue weighted by Gasteiger charge is 2.48. The van der Waals surface area contributed by atoms with Crippen molar-refractivity contribution in [1.29, 1.82) is 0 Å². The van der Waals surface area contributed by atoms with Crippen molar-refractivity contribution in [2.75, 3.05) is 19.6 Å². The molecule has 0 aromatic rings. The minimum atomic E-state index is -0.213. The second kappa shape index (κ2) is 3.37. The highest BCUT2D eigenvalue weighted by Crippen LogP contribution is 2.34. The van der Waals surface area contributed by atoms with E-state index in [-0.39, 0.29) is 17.2 Å². The van der Waals surface area contributed by atoms with Crippen molar-refractivity contribution >= 4 is 6.09 Å². The molecule has 0 aliphatic carbocycles. The number of hydrogen-bond donors (Lipinski definition) is 1. The van der Waals surface area contributed by atoms with Crippen molar-refractivity contribution in [2.45, 2.75) is 44.8 Å². The van der Waals surface area contributed by atoms with E-state index in [0.29, 0.717) is 0 Å². The van der Waals surface area contributed by atoms with E-state index >= 15 is 0 Å². The Balaban J connectivity index is 2.12. The average Bonchev–Trinajstić information content (AvgIpc) is 2.44. The first-order valence-electron chi connectivity index (χ1n) is 5.64. The van der Waals surface area contributed by atoms with Crippen LogP contribution >= 0.6 is 0 Å². The van der Waals surface area contributed by atoms with E-state index in [9.17, 15) is 4.79 Å². The second-order valence-corrected chi connectivity index (χ2v) is 5.56. The van der Waals surface area contributed by atoms with Crippen LogP contribution in [0.25, 0.3) is 0 Å². The zero-order valence-corrected chi connectivity index (χ0v) is 9.80. The second-order valence-electron chi connectivity index (χ2n) is 5.56. The maximum Gasteiger partial charge on any atom is 0.410 e. The molecule has 0 aromatic carbocycles. The lowest BCUT2D eigenvalue weighted by atomic mass is 9.91. The molecular formula is C11H20N2O2. The summed E-state index contributed by atoms with van der Waals surface area (Å²) in [7, 11) is 0. The van der Waals surface area contributed by atoms with Gasteiger partial charge in [0.1, 0.15) is 5.60 Å². The molecule has 0 radical (unpaired) electrons. The average molecular weight is 212 g/mol. The van der Waals surface area contributed by atoms with Crippen molar-refractivity contribution in [2.24, 2.45) is 0 Å². The lowest BCUT2D eigenvalue weighted by molar-refractivity contribution is 0.0316. The molecule has 0 aromatic heterocycles. The summed E-state index contributed by atoms with van der Waals surface area (Å²) in [6, 6.07) is 0. The maximum atomic E-state index is 11.8. The standard InChI is InChI=1S/C11H20N2O2/c1-10(2,3)13-8-11(15-9(13)14)4-6-12-7-5-11/h12H,4-8H2,1-3H3. The van der Waals surface area contributed by atoms with Crippen LogP contribution in [0, 0.1) is 0 Å². The molecule has 1 N–H and O–H groups in total. The van der Waals surface area contributed by atoms with Gasteiger partial charge in [-0.25, -0.2) is 4.79 Å². The largest absolute Gasteiger partial charge is 0.441 e. The molecule has 86 valence electrons. The molecule has 2 heterocycles. The van der Waals surface area contributed by atoms with Gasteiger partial charge in [-0.2, -0.15) is 0 Å². The Labute approximate surface area is 91.0 Å². The fraction of sp³-hybridized carbons (Fsp3) is 0.909. The van der Waals surface area contributed by atoms with Crippen LogP contribution < -0.4 is 5.32 Å². The van der Waals surface area contributed by atoms with E-state index in [4.69, 9.17) is 4.74 Å². The van der Waals surface area contributed by atoms with Crippen LogP contribution in [0.4, 0.5) is 4.79 Å². The smallest absolute Gasteiger partial charge is 0.410 e. The topological polar surface area (TPSA) is 41.6 Å². The van der Waals surface area contributed by atoms with E-state index in [0.717, 1.165) is 32.5 Å². The molecule has 4 nitrogen and oxygen atoms in total. The van der Waals surface area contributed by atoms with Crippen molar-refractivity contribution in [3.05, 3.63) is 0 Å². The lowest BCUT2D eigenvalue weighted by Crippen LogP contribution is -2.47. The summed E-state index contributed by atoms with van der Waals surface area (Å²) in [5, 5.41) is 3.29. The molecular weight excluding hydrogens is 192 g/mol. The molecule has 0 bridgehead atoms. The summed E-state index contributed by atoms with van der Waals surface area (Å²) in [5.41, 5.74) is -0.346. The lowest BCUT2D eigenvalue weighted by Gasteiger charge is -2.33. The highest BCUT2D eigenvalue weighted by atomic mass is 16.6. The Morgan fingerprint density at radius 3 is 2.40 bits per heavy atom. The van der Waals surface area contributed by atoms with Gasteiger partial charge < -0.3 is 10.1 Å². The summed E-state index contributed by atoms with van der Waals surface area (Å²) < 4.78 is 5.58. The number of hydrogen-bond acceptors (Lipinski definition) is 3. The third kappa shape index (κ3) is 1.95. The van der Waals surface area contributed by atoms with Gasteiger partial charge in [-0.3, -0.25) is 4.90 Å². The Morgan fingerprint density at radius 2 is 1.93 bits per heavy atom. The summed E-state index contributed by atoms with van der Waals surface area (Å²) in [5.74, 6) is 0. The van der Waals surface area contributed by atoms with E-state index in [2.05, 4.69) is 5.32 Å². The van der Waals surface area contributed by atoms with Gasteiger partial charge in [0, 0.05) is 18.4 Å². The summed E-state index contributed by atoms with van der Waals surface area (Å²) >= 11 is 0.